The maximum atomic E-state index is 11.8. The molecule has 1 aliphatic rings. The number of aromatic nitrogens is 1. The summed E-state index contributed by atoms with van der Waals surface area (Å²) in [4.78, 5) is 23.3. The Hall–Kier alpha value is -1.87. The molecule has 0 saturated carbocycles. The summed E-state index contributed by atoms with van der Waals surface area (Å²) in [6, 6.07) is 2.53. The van der Waals surface area contributed by atoms with Crippen LogP contribution in [-0.4, -0.2) is 52.9 Å². The summed E-state index contributed by atoms with van der Waals surface area (Å²) in [7, 11) is 0. The first-order valence-corrected chi connectivity index (χ1v) is 8.18. The third kappa shape index (κ3) is 4.40. The topological polar surface area (TPSA) is 123 Å². The molecule has 1 aromatic heterocycles. The molecule has 0 spiro atoms. The van der Waals surface area contributed by atoms with Gasteiger partial charge < -0.3 is 25.4 Å². The number of ether oxygens (including phenoxy) is 2. The molecule has 0 aliphatic carbocycles. The largest absolute Gasteiger partial charge is 0.462 e. The van der Waals surface area contributed by atoms with Gasteiger partial charge in [-0.1, -0.05) is 13.8 Å². The monoisotopic (exact) mass is 353 g/mol. The zero-order valence-electron chi connectivity index (χ0n) is 14.5. The molecule has 0 amide bonds. The van der Waals surface area contributed by atoms with Crippen molar-refractivity contribution in [3.63, 3.8) is 0 Å². The van der Waals surface area contributed by atoms with Crippen LogP contribution >= 0.6 is 0 Å². The minimum absolute atomic E-state index is 0.0786. The molecule has 1 aliphatic heterocycles. The molecule has 5 atom stereocenters. The molecule has 25 heavy (non-hydrogen) atoms. The lowest BCUT2D eigenvalue weighted by atomic mass is 10.1. The van der Waals surface area contributed by atoms with Crippen molar-refractivity contribution in [2.75, 3.05) is 6.61 Å². The minimum Gasteiger partial charge on any atom is -0.462 e. The number of carbonyl (C=O) groups is 2. The molecule has 0 radical (unpaired) electrons. The number of Topliss-reactive ketones (excluding diaryl/α,β-unsaturated/α-hetero) is 1. The van der Waals surface area contributed by atoms with Crippen LogP contribution < -0.4 is 10.3 Å². The van der Waals surface area contributed by atoms with Crippen LogP contribution in [0.15, 0.2) is 24.5 Å². The molecule has 8 heteroatoms. The number of carbonyl (C=O) groups excluding carboxylic acids is 2. The second kappa shape index (κ2) is 8.01. The Kier molecular flexibility index (Phi) is 6.23. The van der Waals surface area contributed by atoms with E-state index in [-0.39, 0.29) is 18.3 Å². The number of ketones is 1. The van der Waals surface area contributed by atoms with Gasteiger partial charge in [-0.3, -0.25) is 9.59 Å². The molecule has 1 fully saturated rings. The summed E-state index contributed by atoms with van der Waals surface area (Å²) < 4.78 is 12.2. The minimum atomic E-state index is -1.23. The molecule has 1 aromatic rings. The quantitative estimate of drug-likeness (QED) is 0.352. The van der Waals surface area contributed by atoms with E-state index >= 15 is 0 Å². The van der Waals surface area contributed by atoms with E-state index in [2.05, 4.69) is 0 Å². The van der Waals surface area contributed by atoms with E-state index in [0.29, 0.717) is 5.56 Å². The number of aliphatic hydroxyl groups excluding tert-OH is 2. The standard InChI is InChI=1S/C17H25N2O6/c1-9(2)13(18)17(23)24-8-12-14(21)15(22)16(25-12)19-6-4-5-11(7-19)10(3)20/h4-7,9,12-16,21-22H,8,18H2,1-3H3/q+1/t12-,13+,14-,15-,16-/m1/s1. The highest BCUT2D eigenvalue weighted by molar-refractivity contribution is 5.93. The fourth-order valence-corrected chi connectivity index (χ4v) is 2.51. The van der Waals surface area contributed by atoms with Crippen LogP contribution in [0.5, 0.6) is 0 Å². The number of hydrogen-bond donors (Lipinski definition) is 3. The van der Waals surface area contributed by atoms with E-state index in [9.17, 15) is 19.8 Å². The van der Waals surface area contributed by atoms with E-state index in [1.54, 1.807) is 32.2 Å². The molecule has 1 saturated heterocycles. The van der Waals surface area contributed by atoms with Gasteiger partial charge in [0.05, 0.1) is 5.56 Å². The lowest BCUT2D eigenvalue weighted by Gasteiger charge is -2.17. The lowest BCUT2D eigenvalue weighted by Crippen LogP contribution is -2.46. The zero-order valence-corrected chi connectivity index (χ0v) is 14.5. The Morgan fingerprint density at radius 3 is 2.64 bits per heavy atom. The van der Waals surface area contributed by atoms with Crippen molar-refractivity contribution >= 4 is 11.8 Å². The Morgan fingerprint density at radius 1 is 1.36 bits per heavy atom. The Bertz CT molecular complexity index is 635. The van der Waals surface area contributed by atoms with Crippen LogP contribution in [0.1, 0.15) is 37.4 Å². The second-order valence-corrected chi connectivity index (χ2v) is 6.54. The van der Waals surface area contributed by atoms with Gasteiger partial charge in [0.2, 0.25) is 0 Å². The first-order chi connectivity index (χ1) is 11.7. The van der Waals surface area contributed by atoms with Gasteiger partial charge in [0.1, 0.15) is 24.9 Å². The highest BCUT2D eigenvalue weighted by Gasteiger charge is 2.48. The predicted octanol–water partition coefficient (Wildman–Crippen LogP) is -0.678. The second-order valence-electron chi connectivity index (χ2n) is 6.54. The molecule has 8 nitrogen and oxygen atoms in total. The fraction of sp³-hybridized carbons (Fsp3) is 0.588. The molecule has 4 N–H and O–H groups in total. The molecule has 2 heterocycles. The van der Waals surface area contributed by atoms with Gasteiger partial charge in [0.15, 0.2) is 24.3 Å². The number of rotatable bonds is 6. The first-order valence-electron chi connectivity index (χ1n) is 8.18. The van der Waals surface area contributed by atoms with Gasteiger partial charge >= 0.3 is 5.97 Å². The van der Waals surface area contributed by atoms with Gasteiger partial charge in [0.25, 0.3) is 6.23 Å². The number of nitrogens with zero attached hydrogens (tertiary/aromatic N) is 1. The van der Waals surface area contributed by atoms with Crippen LogP contribution in [0.25, 0.3) is 0 Å². The number of hydrogen-bond acceptors (Lipinski definition) is 7. The number of pyridine rings is 1. The highest BCUT2D eigenvalue weighted by Crippen LogP contribution is 2.26. The lowest BCUT2D eigenvalue weighted by molar-refractivity contribution is -0.765. The summed E-state index contributed by atoms with van der Waals surface area (Å²) in [6.45, 7) is 4.80. The maximum absolute atomic E-state index is 11.8. The van der Waals surface area contributed by atoms with Crippen LogP contribution in [0.4, 0.5) is 0 Å². The van der Waals surface area contributed by atoms with Crippen LogP contribution in [0, 0.1) is 5.92 Å². The summed E-state index contributed by atoms with van der Waals surface area (Å²) in [5.74, 6) is -0.796. The van der Waals surface area contributed by atoms with E-state index in [1.807, 2.05) is 0 Å². The summed E-state index contributed by atoms with van der Waals surface area (Å²) in [5.41, 5.74) is 6.16. The molecule has 0 bridgehead atoms. The molecular formula is C17H25N2O6+. The van der Waals surface area contributed by atoms with Gasteiger partial charge in [-0.15, -0.1) is 0 Å². The Balaban J connectivity index is 2.04. The van der Waals surface area contributed by atoms with Crippen LogP contribution in [-0.2, 0) is 14.3 Å². The third-order valence-corrected chi connectivity index (χ3v) is 4.24. The van der Waals surface area contributed by atoms with Crippen molar-refractivity contribution in [2.24, 2.45) is 11.7 Å². The fourth-order valence-electron chi connectivity index (χ4n) is 2.51. The van der Waals surface area contributed by atoms with Crippen molar-refractivity contribution in [2.45, 2.75) is 51.4 Å². The average molecular weight is 353 g/mol. The third-order valence-electron chi connectivity index (χ3n) is 4.24. The van der Waals surface area contributed by atoms with E-state index < -0.39 is 36.6 Å². The molecule has 2 rings (SSSR count). The van der Waals surface area contributed by atoms with Gasteiger partial charge in [-0.25, -0.2) is 0 Å². The predicted molar refractivity (Wildman–Crippen MR) is 86.3 cm³/mol. The van der Waals surface area contributed by atoms with Crippen LogP contribution in [0.2, 0.25) is 0 Å². The van der Waals surface area contributed by atoms with Crippen molar-refractivity contribution < 1.29 is 33.8 Å². The average Bonchev–Trinajstić information content (AvgIpc) is 2.87. The van der Waals surface area contributed by atoms with E-state index in [0.717, 1.165) is 0 Å². The molecule has 0 unspecified atom stereocenters. The van der Waals surface area contributed by atoms with Gasteiger partial charge in [0, 0.05) is 6.07 Å². The number of aliphatic hydroxyl groups is 2. The molecule has 138 valence electrons. The van der Waals surface area contributed by atoms with Gasteiger partial charge in [-0.2, -0.15) is 4.57 Å². The van der Waals surface area contributed by atoms with Crippen molar-refractivity contribution in [1.82, 2.24) is 0 Å². The Morgan fingerprint density at radius 2 is 2.04 bits per heavy atom. The number of nitrogens with two attached hydrogens (primary N) is 1. The summed E-state index contributed by atoms with van der Waals surface area (Å²) >= 11 is 0. The van der Waals surface area contributed by atoms with E-state index in [1.165, 1.54) is 17.7 Å². The molecule has 0 aromatic carbocycles. The Labute approximate surface area is 146 Å². The SMILES string of the molecule is CC(=O)c1ccc[n+]([C@@H]2O[C@H](COC(=O)[C@@H](N)C(C)C)[C@@H](O)[C@H]2O)c1. The highest BCUT2D eigenvalue weighted by atomic mass is 16.6. The van der Waals surface area contributed by atoms with Crippen molar-refractivity contribution in [3.05, 3.63) is 30.1 Å². The van der Waals surface area contributed by atoms with Crippen LogP contribution in [0.3, 0.4) is 0 Å². The van der Waals surface area contributed by atoms with E-state index in [4.69, 9.17) is 15.2 Å². The maximum Gasteiger partial charge on any atom is 0.323 e. The van der Waals surface area contributed by atoms with Crippen molar-refractivity contribution in [3.8, 4) is 0 Å². The number of esters is 1. The first kappa shape index (κ1) is 19.5. The normalized spacial score (nSPS) is 27.3. The molecular weight excluding hydrogens is 328 g/mol. The van der Waals surface area contributed by atoms with Crippen molar-refractivity contribution in [1.29, 1.82) is 0 Å². The summed E-state index contributed by atoms with van der Waals surface area (Å²) in [6.07, 6.45) is -1.09. The smallest absolute Gasteiger partial charge is 0.323 e. The zero-order chi connectivity index (χ0) is 18.7. The summed E-state index contributed by atoms with van der Waals surface area (Å²) in [5, 5.41) is 20.4. The van der Waals surface area contributed by atoms with Gasteiger partial charge in [-0.05, 0) is 18.9 Å².